The van der Waals surface area contributed by atoms with Crippen molar-refractivity contribution in [2.45, 2.75) is 0 Å². The highest BCUT2D eigenvalue weighted by Crippen LogP contribution is 2.39. The highest BCUT2D eigenvalue weighted by molar-refractivity contribution is 6.25. The van der Waals surface area contributed by atoms with Crippen LogP contribution in [0, 0.1) is 0 Å². The molecular formula is C45H28N4. The Balaban J connectivity index is 1.24. The lowest BCUT2D eigenvalue weighted by Gasteiger charge is -2.14. The van der Waals surface area contributed by atoms with Crippen LogP contribution in [0.3, 0.4) is 0 Å². The highest BCUT2D eigenvalue weighted by atomic mass is 15.1. The molecule has 4 heteroatoms. The van der Waals surface area contributed by atoms with Gasteiger partial charge in [0.25, 0.3) is 0 Å². The normalized spacial score (nSPS) is 11.7. The second kappa shape index (κ2) is 11.0. The summed E-state index contributed by atoms with van der Waals surface area (Å²) in [5.41, 5.74) is 6.99. The van der Waals surface area contributed by atoms with Crippen LogP contribution in [0.15, 0.2) is 170 Å². The van der Waals surface area contributed by atoms with Crippen LogP contribution in [0.5, 0.6) is 0 Å². The molecule has 0 saturated heterocycles. The van der Waals surface area contributed by atoms with Crippen molar-refractivity contribution in [3.8, 4) is 45.3 Å². The molecule has 0 atom stereocenters. The van der Waals surface area contributed by atoms with E-state index in [-0.39, 0.29) is 0 Å². The van der Waals surface area contributed by atoms with Gasteiger partial charge in [-0.3, -0.25) is 9.38 Å². The van der Waals surface area contributed by atoms with E-state index in [9.17, 15) is 0 Å². The van der Waals surface area contributed by atoms with E-state index in [0.29, 0.717) is 5.82 Å². The first-order valence-corrected chi connectivity index (χ1v) is 16.5. The first-order valence-electron chi connectivity index (χ1n) is 16.5. The van der Waals surface area contributed by atoms with Crippen molar-refractivity contribution in [3.05, 3.63) is 170 Å². The van der Waals surface area contributed by atoms with Gasteiger partial charge < -0.3 is 0 Å². The number of hydrogen-bond acceptors (Lipinski definition) is 3. The van der Waals surface area contributed by atoms with E-state index in [0.717, 1.165) is 61.3 Å². The highest BCUT2D eigenvalue weighted by Gasteiger charge is 2.21. The van der Waals surface area contributed by atoms with Crippen LogP contribution >= 0.6 is 0 Å². The Labute approximate surface area is 282 Å². The minimum atomic E-state index is 0.693. The summed E-state index contributed by atoms with van der Waals surface area (Å²) in [4.78, 5) is 15.6. The SMILES string of the molecule is c1ccc(-c2nc(-c3cccc(-c4cc5c6ccccc6c6ccccc6c5cn4)c3)n3c(-c4ccccc4)c4ccccc4c3n2)cc1. The zero-order valence-corrected chi connectivity index (χ0v) is 26.5. The maximum Gasteiger partial charge on any atom is 0.163 e. The summed E-state index contributed by atoms with van der Waals surface area (Å²) in [6.07, 6.45) is 2.04. The summed E-state index contributed by atoms with van der Waals surface area (Å²) >= 11 is 0. The smallest absolute Gasteiger partial charge is 0.163 e. The monoisotopic (exact) mass is 624 g/mol. The molecule has 10 rings (SSSR count). The topological polar surface area (TPSA) is 43.1 Å². The Morgan fingerprint density at radius 2 is 0.898 bits per heavy atom. The molecular weight excluding hydrogens is 597 g/mol. The lowest BCUT2D eigenvalue weighted by Crippen LogP contribution is -2.03. The average Bonchev–Trinajstić information content (AvgIpc) is 3.52. The molecule has 4 nitrogen and oxygen atoms in total. The number of rotatable bonds is 4. The van der Waals surface area contributed by atoms with Crippen molar-refractivity contribution >= 4 is 48.7 Å². The Morgan fingerprint density at radius 1 is 0.367 bits per heavy atom. The summed E-state index contributed by atoms with van der Waals surface area (Å²) < 4.78 is 2.24. The first-order chi connectivity index (χ1) is 24.3. The van der Waals surface area contributed by atoms with Crippen LogP contribution < -0.4 is 0 Å². The molecule has 0 N–H and O–H groups in total. The molecule has 0 saturated carbocycles. The second-order valence-electron chi connectivity index (χ2n) is 12.4. The average molecular weight is 625 g/mol. The molecule has 3 aromatic heterocycles. The fraction of sp³-hybridized carbons (Fsp3) is 0. The maximum atomic E-state index is 5.31. The van der Waals surface area contributed by atoms with Gasteiger partial charge in [0.1, 0.15) is 11.5 Å². The van der Waals surface area contributed by atoms with Crippen molar-refractivity contribution in [1.82, 2.24) is 19.4 Å². The van der Waals surface area contributed by atoms with Crippen molar-refractivity contribution in [1.29, 1.82) is 0 Å². The summed E-state index contributed by atoms with van der Waals surface area (Å²) in [6.45, 7) is 0. The van der Waals surface area contributed by atoms with Gasteiger partial charge in [0.2, 0.25) is 0 Å². The molecule has 3 heterocycles. The van der Waals surface area contributed by atoms with E-state index in [1.165, 1.54) is 26.9 Å². The number of hydrogen-bond donors (Lipinski definition) is 0. The molecule has 0 aliphatic rings. The Bertz CT molecular complexity index is 2840. The quantitative estimate of drug-likeness (QED) is 0.183. The summed E-state index contributed by atoms with van der Waals surface area (Å²) in [6, 6.07) is 57.4. The molecule has 0 aliphatic carbocycles. The van der Waals surface area contributed by atoms with E-state index >= 15 is 0 Å². The van der Waals surface area contributed by atoms with Gasteiger partial charge in [0, 0.05) is 39.0 Å². The zero-order chi connectivity index (χ0) is 32.3. The molecule has 0 aliphatic heterocycles. The van der Waals surface area contributed by atoms with E-state index in [1.54, 1.807) is 0 Å². The predicted octanol–water partition coefficient (Wildman–Crippen LogP) is 11.4. The van der Waals surface area contributed by atoms with E-state index in [1.807, 2.05) is 24.4 Å². The third-order valence-corrected chi connectivity index (χ3v) is 9.62. The third-order valence-electron chi connectivity index (χ3n) is 9.62. The number of pyridine rings is 1. The van der Waals surface area contributed by atoms with Crippen molar-refractivity contribution < 1.29 is 0 Å². The van der Waals surface area contributed by atoms with Gasteiger partial charge in [-0.15, -0.1) is 0 Å². The first kappa shape index (κ1) is 27.5. The number of benzene rings is 7. The fourth-order valence-electron chi connectivity index (χ4n) is 7.39. The minimum absolute atomic E-state index is 0.693. The van der Waals surface area contributed by atoms with Crippen LogP contribution in [0.2, 0.25) is 0 Å². The van der Waals surface area contributed by atoms with Gasteiger partial charge in [-0.05, 0) is 44.6 Å². The second-order valence-corrected chi connectivity index (χ2v) is 12.4. The molecule has 228 valence electrons. The van der Waals surface area contributed by atoms with Gasteiger partial charge in [-0.1, -0.05) is 152 Å². The molecule has 10 aromatic rings. The van der Waals surface area contributed by atoms with Gasteiger partial charge in [-0.2, -0.15) is 0 Å². The maximum absolute atomic E-state index is 5.31. The van der Waals surface area contributed by atoms with Gasteiger partial charge >= 0.3 is 0 Å². The van der Waals surface area contributed by atoms with Crippen LogP contribution in [0.1, 0.15) is 0 Å². The fourth-order valence-corrected chi connectivity index (χ4v) is 7.39. The molecule has 7 aromatic carbocycles. The summed E-state index contributed by atoms with van der Waals surface area (Å²) in [7, 11) is 0. The molecule has 0 fully saturated rings. The van der Waals surface area contributed by atoms with Gasteiger partial charge in [0.15, 0.2) is 5.82 Å². The molecule has 0 amide bonds. The van der Waals surface area contributed by atoms with Gasteiger partial charge in [-0.25, -0.2) is 9.97 Å². The lowest BCUT2D eigenvalue weighted by atomic mass is 9.94. The lowest BCUT2D eigenvalue weighted by molar-refractivity contribution is 1.05. The van der Waals surface area contributed by atoms with Crippen molar-refractivity contribution in [2.24, 2.45) is 0 Å². The Kier molecular flexibility index (Phi) is 6.15. The molecule has 0 radical (unpaired) electrons. The van der Waals surface area contributed by atoms with Crippen LogP contribution in [-0.2, 0) is 0 Å². The van der Waals surface area contributed by atoms with Crippen LogP contribution in [0.25, 0.3) is 94.0 Å². The van der Waals surface area contributed by atoms with E-state index in [2.05, 4.69) is 150 Å². The Morgan fingerprint density at radius 3 is 1.59 bits per heavy atom. The predicted molar refractivity (Wildman–Crippen MR) is 203 cm³/mol. The van der Waals surface area contributed by atoms with E-state index in [4.69, 9.17) is 15.0 Å². The number of nitrogens with zero attached hydrogens (tertiary/aromatic N) is 4. The number of fused-ring (bicyclic) bond motifs is 9. The summed E-state index contributed by atoms with van der Waals surface area (Å²) in [5, 5.41) is 9.53. The van der Waals surface area contributed by atoms with Crippen molar-refractivity contribution in [3.63, 3.8) is 0 Å². The molecule has 0 bridgehead atoms. The number of aromatic nitrogens is 4. The van der Waals surface area contributed by atoms with E-state index < -0.39 is 0 Å². The standard InChI is InChI=1S/C45H28N4/c1-3-14-29(15-4-1)42-37-24-11-12-25-38(37)45-48-43(30-16-5-2-6-17-30)47-44(49(42)45)32-19-13-18-31(26-32)41-27-39-35-22-9-7-20-33(35)34-21-8-10-23-36(34)40(39)28-46-41/h1-28H. The molecule has 0 unspecified atom stereocenters. The van der Waals surface area contributed by atoms with Crippen LogP contribution in [-0.4, -0.2) is 19.4 Å². The van der Waals surface area contributed by atoms with Crippen LogP contribution in [0.4, 0.5) is 0 Å². The zero-order valence-electron chi connectivity index (χ0n) is 26.5. The third kappa shape index (κ3) is 4.35. The largest absolute Gasteiger partial charge is 0.277 e. The Hall–Kier alpha value is -6.65. The van der Waals surface area contributed by atoms with Crippen molar-refractivity contribution in [2.75, 3.05) is 0 Å². The summed E-state index contributed by atoms with van der Waals surface area (Å²) in [5.74, 6) is 1.52. The molecule has 49 heavy (non-hydrogen) atoms. The molecule has 0 spiro atoms. The minimum Gasteiger partial charge on any atom is -0.277 e. The van der Waals surface area contributed by atoms with Gasteiger partial charge in [0.05, 0.1) is 11.4 Å².